The summed E-state index contributed by atoms with van der Waals surface area (Å²) in [5, 5.41) is 13.9. The van der Waals surface area contributed by atoms with E-state index in [0.29, 0.717) is 18.5 Å². The fourth-order valence-corrected chi connectivity index (χ4v) is 1.12. The molecule has 86 valence electrons. The molecule has 0 amide bonds. The Hall–Kier alpha value is -0.750. The normalized spacial score (nSPS) is 11.7. The van der Waals surface area contributed by atoms with Gasteiger partial charge in [0.1, 0.15) is 0 Å². The molecule has 0 atom stereocenters. The molecule has 15 heavy (non-hydrogen) atoms. The highest BCUT2D eigenvalue weighted by molar-refractivity contribution is 7.99. The predicted molar refractivity (Wildman–Crippen MR) is 63.1 cm³/mol. The summed E-state index contributed by atoms with van der Waals surface area (Å²) in [4.78, 5) is 0. The summed E-state index contributed by atoms with van der Waals surface area (Å²) in [5.41, 5.74) is 0. The first-order valence-electron chi connectivity index (χ1n) is 4.83. The zero-order valence-corrected chi connectivity index (χ0v) is 10.4. The molecule has 1 aromatic rings. The van der Waals surface area contributed by atoms with Crippen LogP contribution in [0.5, 0.6) is 0 Å². The minimum atomic E-state index is 0.164. The molecule has 0 saturated carbocycles. The summed E-state index contributed by atoms with van der Waals surface area (Å²) in [6, 6.07) is 0.488. The molecule has 0 aliphatic heterocycles. The van der Waals surface area contributed by atoms with E-state index in [1.165, 1.54) is 0 Å². The minimum Gasteiger partial charge on any atom is -0.407 e. The third kappa shape index (κ3) is 4.09. The van der Waals surface area contributed by atoms with Crippen LogP contribution >= 0.6 is 11.8 Å². The Morgan fingerprint density at radius 1 is 1.40 bits per heavy atom. The third-order valence-electron chi connectivity index (χ3n) is 2.01. The minimum absolute atomic E-state index is 0.164. The zero-order valence-electron chi connectivity index (χ0n) is 9.63. The second-order valence-electron chi connectivity index (χ2n) is 3.85. The van der Waals surface area contributed by atoms with Gasteiger partial charge in [0.25, 0.3) is 0 Å². The van der Waals surface area contributed by atoms with Crippen molar-refractivity contribution < 1.29 is 4.42 Å². The van der Waals surface area contributed by atoms with Crippen LogP contribution in [0.25, 0.3) is 0 Å². The molecule has 1 heterocycles. The van der Waals surface area contributed by atoms with Gasteiger partial charge >= 0.3 is 6.01 Å². The van der Waals surface area contributed by atoms with Crippen LogP contribution in [0.3, 0.4) is 0 Å². The standard InChI is InChI=1S/C9H18N4OS/c1-9(2,15-4)6-11-8-13-12-7(14-8)5-10-3/h10H,5-6H2,1-4H3,(H,11,13). The summed E-state index contributed by atoms with van der Waals surface area (Å²) in [7, 11) is 1.84. The van der Waals surface area contributed by atoms with Gasteiger partial charge in [-0.05, 0) is 27.2 Å². The second-order valence-corrected chi connectivity index (χ2v) is 5.36. The lowest BCUT2D eigenvalue weighted by Gasteiger charge is -2.21. The van der Waals surface area contributed by atoms with E-state index in [-0.39, 0.29) is 4.75 Å². The lowest BCUT2D eigenvalue weighted by molar-refractivity contribution is 0.487. The summed E-state index contributed by atoms with van der Waals surface area (Å²) >= 11 is 1.80. The predicted octanol–water partition coefficient (Wildman–Crippen LogP) is 1.34. The van der Waals surface area contributed by atoms with Crippen molar-refractivity contribution in [2.75, 3.05) is 25.2 Å². The first-order valence-corrected chi connectivity index (χ1v) is 6.06. The van der Waals surface area contributed by atoms with Gasteiger partial charge in [0.05, 0.1) is 6.54 Å². The summed E-state index contributed by atoms with van der Waals surface area (Å²) < 4.78 is 5.52. The van der Waals surface area contributed by atoms with Gasteiger partial charge in [-0.2, -0.15) is 11.8 Å². The number of hydrogen-bond donors (Lipinski definition) is 2. The number of aromatic nitrogens is 2. The van der Waals surface area contributed by atoms with Crippen molar-refractivity contribution in [3.8, 4) is 0 Å². The van der Waals surface area contributed by atoms with E-state index < -0.39 is 0 Å². The lowest BCUT2D eigenvalue weighted by atomic mass is 10.2. The topological polar surface area (TPSA) is 63.0 Å². The van der Waals surface area contributed by atoms with Gasteiger partial charge in [-0.15, -0.1) is 5.10 Å². The van der Waals surface area contributed by atoms with E-state index in [1.54, 1.807) is 11.8 Å². The summed E-state index contributed by atoms with van der Waals surface area (Å²) in [6.07, 6.45) is 2.09. The average molecular weight is 230 g/mol. The van der Waals surface area contributed by atoms with Gasteiger partial charge in [0, 0.05) is 11.3 Å². The quantitative estimate of drug-likeness (QED) is 0.769. The number of nitrogens with one attached hydrogen (secondary N) is 2. The van der Waals surface area contributed by atoms with E-state index in [2.05, 4.69) is 40.9 Å². The molecule has 0 unspecified atom stereocenters. The van der Waals surface area contributed by atoms with Crippen molar-refractivity contribution in [3.05, 3.63) is 5.89 Å². The molecule has 0 aliphatic rings. The molecule has 0 aliphatic carbocycles. The molecule has 0 radical (unpaired) electrons. The van der Waals surface area contributed by atoms with Crippen LogP contribution in [0.2, 0.25) is 0 Å². The van der Waals surface area contributed by atoms with Crippen LogP contribution in [0.4, 0.5) is 6.01 Å². The second kappa shape index (κ2) is 5.37. The number of thioether (sulfide) groups is 1. The van der Waals surface area contributed by atoms with Gasteiger partial charge in [-0.1, -0.05) is 5.10 Å². The zero-order chi connectivity index (χ0) is 11.3. The molecule has 6 heteroatoms. The molecule has 0 spiro atoms. The van der Waals surface area contributed by atoms with Crippen molar-refractivity contribution in [3.63, 3.8) is 0 Å². The van der Waals surface area contributed by atoms with Crippen molar-refractivity contribution in [1.29, 1.82) is 0 Å². The van der Waals surface area contributed by atoms with Crippen LogP contribution in [-0.4, -0.2) is 34.8 Å². The lowest BCUT2D eigenvalue weighted by Crippen LogP contribution is -2.25. The Kier molecular flexibility index (Phi) is 4.41. The van der Waals surface area contributed by atoms with Gasteiger partial charge < -0.3 is 15.1 Å². The fourth-order valence-electron chi connectivity index (χ4n) is 0.908. The van der Waals surface area contributed by atoms with Crippen LogP contribution in [0.15, 0.2) is 4.42 Å². The number of rotatable bonds is 6. The maximum absolute atomic E-state index is 5.36. The van der Waals surface area contributed by atoms with Crippen LogP contribution in [0, 0.1) is 0 Å². The Labute approximate surface area is 94.4 Å². The van der Waals surface area contributed by atoms with Crippen LogP contribution in [0.1, 0.15) is 19.7 Å². The van der Waals surface area contributed by atoms with E-state index >= 15 is 0 Å². The molecule has 0 bridgehead atoms. The molecule has 0 fully saturated rings. The Bertz CT molecular complexity index is 300. The number of anilines is 1. The Morgan fingerprint density at radius 3 is 2.73 bits per heavy atom. The summed E-state index contributed by atoms with van der Waals surface area (Å²) in [5.74, 6) is 0.599. The maximum Gasteiger partial charge on any atom is 0.315 e. The Balaban J connectivity index is 2.44. The SMILES string of the molecule is CNCc1nnc(NCC(C)(C)SC)o1. The van der Waals surface area contributed by atoms with Crippen LogP contribution < -0.4 is 10.6 Å². The fraction of sp³-hybridized carbons (Fsp3) is 0.778. The number of nitrogens with zero attached hydrogens (tertiary/aromatic N) is 2. The summed E-state index contributed by atoms with van der Waals surface area (Å²) in [6.45, 7) is 5.72. The van der Waals surface area contributed by atoms with Crippen LogP contribution in [-0.2, 0) is 6.54 Å². The largest absolute Gasteiger partial charge is 0.407 e. The molecule has 2 N–H and O–H groups in total. The van der Waals surface area contributed by atoms with Gasteiger partial charge in [0.2, 0.25) is 5.89 Å². The molecule has 0 saturated heterocycles. The highest BCUT2D eigenvalue weighted by Crippen LogP contribution is 2.21. The number of hydrogen-bond acceptors (Lipinski definition) is 6. The monoisotopic (exact) mass is 230 g/mol. The van der Waals surface area contributed by atoms with E-state index in [9.17, 15) is 0 Å². The first kappa shape index (κ1) is 12.3. The third-order valence-corrected chi connectivity index (χ3v) is 3.26. The highest BCUT2D eigenvalue weighted by Gasteiger charge is 2.16. The van der Waals surface area contributed by atoms with E-state index in [1.807, 2.05) is 7.05 Å². The van der Waals surface area contributed by atoms with Gasteiger partial charge in [-0.3, -0.25) is 0 Å². The maximum atomic E-state index is 5.36. The first-order chi connectivity index (χ1) is 7.07. The molecule has 1 aromatic heterocycles. The molecule has 1 rings (SSSR count). The van der Waals surface area contributed by atoms with Crippen molar-refractivity contribution in [2.45, 2.75) is 25.1 Å². The van der Waals surface area contributed by atoms with Gasteiger partial charge in [-0.25, -0.2) is 0 Å². The molecular weight excluding hydrogens is 212 g/mol. The van der Waals surface area contributed by atoms with E-state index in [0.717, 1.165) is 6.54 Å². The van der Waals surface area contributed by atoms with Crippen molar-refractivity contribution >= 4 is 17.8 Å². The van der Waals surface area contributed by atoms with E-state index in [4.69, 9.17) is 4.42 Å². The molecular formula is C9H18N4OS. The van der Waals surface area contributed by atoms with Crippen molar-refractivity contribution in [2.24, 2.45) is 0 Å². The molecule has 0 aromatic carbocycles. The average Bonchev–Trinajstić information content (AvgIpc) is 2.64. The smallest absolute Gasteiger partial charge is 0.315 e. The Morgan fingerprint density at radius 2 is 2.13 bits per heavy atom. The van der Waals surface area contributed by atoms with Crippen molar-refractivity contribution in [1.82, 2.24) is 15.5 Å². The molecule has 5 nitrogen and oxygen atoms in total. The van der Waals surface area contributed by atoms with Gasteiger partial charge in [0.15, 0.2) is 0 Å². The highest BCUT2D eigenvalue weighted by atomic mass is 32.2.